The molecule has 1 amide bonds. The molecule has 1 aliphatic heterocycles. The highest BCUT2D eigenvalue weighted by Gasteiger charge is 2.16. The van der Waals surface area contributed by atoms with E-state index in [1.807, 2.05) is 10.9 Å². The third-order valence-corrected chi connectivity index (χ3v) is 3.05. The Morgan fingerprint density at radius 2 is 2.59 bits per heavy atom. The average molecular weight is 302 g/mol. The summed E-state index contributed by atoms with van der Waals surface area (Å²) in [6, 6.07) is 0. The zero-order chi connectivity index (χ0) is 12.1. The van der Waals surface area contributed by atoms with Gasteiger partial charge in [0.15, 0.2) is 0 Å². The van der Waals surface area contributed by atoms with Crippen molar-refractivity contribution in [1.29, 1.82) is 0 Å². The molecule has 0 radical (unpaired) electrons. The number of anilines is 1. The third-order valence-electron chi connectivity index (χ3n) is 2.65. The fourth-order valence-corrected chi connectivity index (χ4v) is 2.19. The molecule has 2 rings (SSSR count). The molecule has 1 aromatic heterocycles. The van der Waals surface area contributed by atoms with Crippen LogP contribution in [0.4, 0.5) is 5.69 Å². The van der Waals surface area contributed by atoms with Crippen LogP contribution in [-0.4, -0.2) is 33.7 Å². The number of amides is 1. The summed E-state index contributed by atoms with van der Waals surface area (Å²) in [7, 11) is 0. The SMILES string of the molecule is O=C(CCBr)Nc1cnn(CC2CCCO2)c1. The molecule has 0 aliphatic carbocycles. The van der Waals surface area contributed by atoms with Crippen molar-refractivity contribution in [2.45, 2.75) is 31.9 Å². The monoisotopic (exact) mass is 301 g/mol. The first-order chi connectivity index (χ1) is 8.28. The lowest BCUT2D eigenvalue weighted by molar-refractivity contribution is -0.115. The van der Waals surface area contributed by atoms with Crippen molar-refractivity contribution in [2.24, 2.45) is 0 Å². The van der Waals surface area contributed by atoms with Crippen molar-refractivity contribution in [1.82, 2.24) is 9.78 Å². The van der Waals surface area contributed by atoms with Crippen LogP contribution >= 0.6 is 15.9 Å². The first-order valence-corrected chi connectivity index (χ1v) is 6.90. The van der Waals surface area contributed by atoms with Gasteiger partial charge < -0.3 is 10.1 Å². The number of nitrogens with zero attached hydrogens (tertiary/aromatic N) is 2. The van der Waals surface area contributed by atoms with Crippen molar-refractivity contribution in [3.05, 3.63) is 12.4 Å². The number of rotatable bonds is 5. The Kier molecular flexibility index (Phi) is 4.56. The first-order valence-electron chi connectivity index (χ1n) is 5.78. The zero-order valence-electron chi connectivity index (χ0n) is 9.56. The molecule has 0 saturated carbocycles. The molecule has 0 spiro atoms. The normalized spacial score (nSPS) is 19.5. The molecule has 0 aromatic carbocycles. The minimum absolute atomic E-state index is 0.00135. The zero-order valence-corrected chi connectivity index (χ0v) is 11.1. The molecule has 1 unspecified atom stereocenters. The summed E-state index contributed by atoms with van der Waals surface area (Å²) in [6.07, 6.45) is 6.46. The minimum atomic E-state index is -0.00135. The summed E-state index contributed by atoms with van der Waals surface area (Å²) >= 11 is 3.23. The standard InChI is InChI=1S/C11H16BrN3O2/c12-4-3-11(16)14-9-6-13-15(7-9)8-10-2-1-5-17-10/h6-7,10H,1-5,8H2,(H,14,16). The highest BCUT2D eigenvalue weighted by molar-refractivity contribution is 9.09. The van der Waals surface area contributed by atoms with E-state index in [1.165, 1.54) is 0 Å². The number of hydrogen-bond donors (Lipinski definition) is 1. The lowest BCUT2D eigenvalue weighted by Gasteiger charge is -2.08. The molecule has 1 N–H and O–H groups in total. The van der Waals surface area contributed by atoms with Gasteiger partial charge >= 0.3 is 0 Å². The number of alkyl halides is 1. The Labute approximate surface area is 109 Å². The van der Waals surface area contributed by atoms with Crippen LogP contribution < -0.4 is 5.32 Å². The van der Waals surface area contributed by atoms with Gasteiger partial charge in [0.05, 0.1) is 24.5 Å². The summed E-state index contributed by atoms with van der Waals surface area (Å²) in [5, 5.41) is 7.67. The van der Waals surface area contributed by atoms with E-state index in [0.717, 1.165) is 31.7 Å². The van der Waals surface area contributed by atoms with Gasteiger partial charge in [-0.3, -0.25) is 9.48 Å². The van der Waals surface area contributed by atoms with Crippen molar-refractivity contribution >= 4 is 27.5 Å². The number of carbonyl (C=O) groups excluding carboxylic acids is 1. The first kappa shape index (κ1) is 12.6. The predicted molar refractivity (Wildman–Crippen MR) is 68.2 cm³/mol. The van der Waals surface area contributed by atoms with Gasteiger partial charge in [0.1, 0.15) is 0 Å². The highest BCUT2D eigenvalue weighted by atomic mass is 79.9. The van der Waals surface area contributed by atoms with Crippen molar-refractivity contribution in [3.63, 3.8) is 0 Å². The van der Waals surface area contributed by atoms with Gasteiger partial charge in [0.2, 0.25) is 5.91 Å². The van der Waals surface area contributed by atoms with E-state index in [9.17, 15) is 4.79 Å². The molecule has 94 valence electrons. The average Bonchev–Trinajstić information content (AvgIpc) is 2.91. The van der Waals surface area contributed by atoms with E-state index < -0.39 is 0 Å². The Hall–Kier alpha value is -0.880. The summed E-state index contributed by atoms with van der Waals surface area (Å²) in [5.41, 5.74) is 0.744. The van der Waals surface area contributed by atoms with Crippen LogP contribution in [0.2, 0.25) is 0 Å². The highest BCUT2D eigenvalue weighted by Crippen LogP contribution is 2.15. The summed E-state index contributed by atoms with van der Waals surface area (Å²) in [4.78, 5) is 11.4. The van der Waals surface area contributed by atoms with Crippen LogP contribution in [0, 0.1) is 0 Å². The molecule has 1 aliphatic rings. The fourth-order valence-electron chi connectivity index (χ4n) is 1.83. The van der Waals surface area contributed by atoms with Crippen LogP contribution in [-0.2, 0) is 16.1 Å². The molecule has 1 atom stereocenters. The molecule has 0 bridgehead atoms. The van der Waals surface area contributed by atoms with E-state index in [0.29, 0.717) is 11.8 Å². The molecule has 1 fully saturated rings. The van der Waals surface area contributed by atoms with Gasteiger partial charge in [-0.1, -0.05) is 15.9 Å². The number of carbonyl (C=O) groups is 1. The quantitative estimate of drug-likeness (QED) is 0.844. The number of halogens is 1. The van der Waals surface area contributed by atoms with E-state index in [4.69, 9.17) is 4.74 Å². The molecular weight excluding hydrogens is 286 g/mol. The predicted octanol–water partition coefficient (Wildman–Crippen LogP) is 1.79. The third kappa shape index (κ3) is 3.81. The second-order valence-electron chi connectivity index (χ2n) is 4.07. The van der Waals surface area contributed by atoms with Crippen molar-refractivity contribution in [3.8, 4) is 0 Å². The van der Waals surface area contributed by atoms with Crippen molar-refractivity contribution < 1.29 is 9.53 Å². The maximum Gasteiger partial charge on any atom is 0.225 e. The molecule has 5 nitrogen and oxygen atoms in total. The molecule has 17 heavy (non-hydrogen) atoms. The van der Waals surface area contributed by atoms with Crippen LogP contribution in [0.1, 0.15) is 19.3 Å². The Morgan fingerprint density at radius 1 is 1.71 bits per heavy atom. The van der Waals surface area contributed by atoms with Crippen LogP contribution in [0.3, 0.4) is 0 Å². The molecule has 1 saturated heterocycles. The van der Waals surface area contributed by atoms with Gasteiger partial charge in [-0.2, -0.15) is 5.10 Å². The summed E-state index contributed by atoms with van der Waals surface area (Å²) in [5.74, 6) is -0.00135. The Morgan fingerprint density at radius 3 is 3.29 bits per heavy atom. The van der Waals surface area contributed by atoms with E-state index >= 15 is 0 Å². The lowest BCUT2D eigenvalue weighted by atomic mass is 10.2. The van der Waals surface area contributed by atoms with Gasteiger partial charge in [-0.25, -0.2) is 0 Å². The number of aromatic nitrogens is 2. The second kappa shape index (κ2) is 6.16. The second-order valence-corrected chi connectivity index (χ2v) is 4.87. The summed E-state index contributed by atoms with van der Waals surface area (Å²) < 4.78 is 7.35. The maximum atomic E-state index is 11.4. The van der Waals surface area contributed by atoms with E-state index in [2.05, 4.69) is 26.3 Å². The van der Waals surface area contributed by atoms with Gasteiger partial charge in [-0.05, 0) is 12.8 Å². The Bertz CT molecular complexity index is 375. The lowest BCUT2D eigenvalue weighted by Crippen LogP contribution is -2.15. The fraction of sp³-hybridized carbons (Fsp3) is 0.636. The topological polar surface area (TPSA) is 56.2 Å². The number of nitrogens with one attached hydrogen (secondary N) is 1. The molecule has 6 heteroatoms. The summed E-state index contributed by atoms with van der Waals surface area (Å²) in [6.45, 7) is 1.61. The van der Waals surface area contributed by atoms with Gasteiger partial charge in [0, 0.05) is 24.6 Å². The smallest absolute Gasteiger partial charge is 0.225 e. The maximum absolute atomic E-state index is 11.4. The number of ether oxygens (including phenoxy) is 1. The number of hydrogen-bond acceptors (Lipinski definition) is 3. The molecule has 2 heterocycles. The molecular formula is C11H16BrN3O2. The van der Waals surface area contributed by atoms with Crippen LogP contribution in [0.15, 0.2) is 12.4 Å². The molecule has 1 aromatic rings. The minimum Gasteiger partial charge on any atom is -0.376 e. The van der Waals surface area contributed by atoms with E-state index in [1.54, 1.807) is 6.20 Å². The Balaban J connectivity index is 1.84. The van der Waals surface area contributed by atoms with Gasteiger partial charge in [-0.15, -0.1) is 0 Å². The van der Waals surface area contributed by atoms with Crippen LogP contribution in [0.5, 0.6) is 0 Å². The largest absolute Gasteiger partial charge is 0.376 e. The van der Waals surface area contributed by atoms with Gasteiger partial charge in [0.25, 0.3) is 0 Å². The van der Waals surface area contributed by atoms with E-state index in [-0.39, 0.29) is 12.0 Å². The van der Waals surface area contributed by atoms with Crippen LogP contribution in [0.25, 0.3) is 0 Å². The van der Waals surface area contributed by atoms with Crippen molar-refractivity contribution in [2.75, 3.05) is 17.3 Å².